The molecule has 0 spiro atoms. The number of aliphatic hydroxyl groups is 3. The highest BCUT2D eigenvalue weighted by atomic mass is 16.6. The van der Waals surface area contributed by atoms with Crippen LogP contribution in [0.4, 0.5) is 0 Å². The molecule has 15 atom stereocenters. The zero-order valence-corrected chi connectivity index (χ0v) is 30.1. The topological polar surface area (TPSA) is 107 Å². The molecule has 0 aliphatic carbocycles. The molecule has 8 nitrogen and oxygen atoms in total. The number of fused-ring (bicyclic) bond motifs is 4. The van der Waals surface area contributed by atoms with Gasteiger partial charge in [0.05, 0.1) is 65.6 Å². The first-order valence-corrected chi connectivity index (χ1v) is 18.9. The molecule has 8 heteroatoms. The van der Waals surface area contributed by atoms with Gasteiger partial charge in [-0.05, 0) is 96.3 Å². The lowest BCUT2D eigenvalue weighted by Crippen LogP contribution is -2.59. The Kier molecular flexibility index (Phi) is 12.4. The maximum Gasteiger partial charge on any atom is 0.111 e. The lowest BCUT2D eigenvalue weighted by molar-refractivity contribution is -0.273. The molecule has 5 saturated heterocycles. The highest BCUT2D eigenvalue weighted by Gasteiger charge is 2.58. The van der Waals surface area contributed by atoms with E-state index in [1.807, 2.05) is 13.0 Å². The quantitative estimate of drug-likeness (QED) is 0.218. The molecule has 47 heavy (non-hydrogen) atoms. The Morgan fingerprint density at radius 1 is 0.872 bits per heavy atom. The van der Waals surface area contributed by atoms with Crippen molar-refractivity contribution in [3.05, 3.63) is 24.8 Å². The lowest BCUT2D eigenvalue weighted by Gasteiger charge is -2.49. The Hall–Kier alpha value is -0.840. The van der Waals surface area contributed by atoms with Crippen molar-refractivity contribution in [3.8, 4) is 0 Å². The van der Waals surface area contributed by atoms with E-state index in [9.17, 15) is 15.3 Å². The van der Waals surface area contributed by atoms with E-state index >= 15 is 0 Å². The fraction of sp³-hybridized carbons (Fsp3) is 0.897. The molecule has 5 rings (SSSR count). The van der Waals surface area contributed by atoms with E-state index < -0.39 is 29.0 Å². The van der Waals surface area contributed by atoms with Gasteiger partial charge in [-0.25, -0.2) is 0 Å². The standard InChI is InChI=1S/C39H66O8/c1-8-9-10-11-15-33-37(5,42)19-16-30-31(43-33)17-20-38(6)35(44-30)23-32-36(47-38)28(41)24-39(7)34(45-32)22-27(4)29(46-39)14-12-13-25(2)26(3)18-21-40/h8-10,25-36,40-42H,1,11-24H2,2-7H3/t25?,26?,27?,28?,29-,30?,31-,32?,33+,34?,35?,36-,37+,38+,39+/m0/s1. The summed E-state index contributed by atoms with van der Waals surface area (Å²) in [5, 5.41) is 32.4. The van der Waals surface area contributed by atoms with Gasteiger partial charge in [-0.2, -0.15) is 0 Å². The van der Waals surface area contributed by atoms with E-state index in [4.69, 9.17) is 23.7 Å². The Balaban J connectivity index is 1.24. The van der Waals surface area contributed by atoms with E-state index in [1.165, 1.54) is 0 Å². The average molecular weight is 663 g/mol. The molecule has 0 saturated carbocycles. The van der Waals surface area contributed by atoms with Crippen LogP contribution in [0.15, 0.2) is 24.8 Å². The van der Waals surface area contributed by atoms with Crippen LogP contribution in [0, 0.1) is 17.8 Å². The van der Waals surface area contributed by atoms with Crippen LogP contribution < -0.4 is 0 Å². The van der Waals surface area contributed by atoms with Crippen molar-refractivity contribution in [2.24, 2.45) is 17.8 Å². The number of hydrogen-bond donors (Lipinski definition) is 3. The summed E-state index contributed by atoms with van der Waals surface area (Å²) in [5.74, 6) is 1.44. The molecule has 0 aromatic carbocycles. The Bertz CT molecular complexity index is 1050. The number of rotatable bonds is 11. The molecule has 5 aliphatic rings. The molecule has 3 N–H and O–H groups in total. The van der Waals surface area contributed by atoms with E-state index in [2.05, 4.69) is 47.3 Å². The Labute approximate surface area is 284 Å². The van der Waals surface area contributed by atoms with E-state index in [-0.39, 0.29) is 49.3 Å². The van der Waals surface area contributed by atoms with Crippen molar-refractivity contribution < 1.29 is 39.0 Å². The molecule has 270 valence electrons. The number of hydrogen-bond acceptors (Lipinski definition) is 8. The largest absolute Gasteiger partial charge is 0.396 e. The zero-order valence-electron chi connectivity index (χ0n) is 30.1. The van der Waals surface area contributed by atoms with Crippen molar-refractivity contribution in [1.82, 2.24) is 0 Å². The fourth-order valence-corrected chi connectivity index (χ4v) is 9.19. The van der Waals surface area contributed by atoms with Gasteiger partial charge >= 0.3 is 0 Å². The maximum absolute atomic E-state index is 11.7. The summed E-state index contributed by atoms with van der Waals surface area (Å²) in [6.45, 7) is 17.0. The van der Waals surface area contributed by atoms with Gasteiger partial charge in [0.25, 0.3) is 0 Å². The third kappa shape index (κ3) is 8.56. The molecule has 0 aromatic heterocycles. The van der Waals surface area contributed by atoms with Gasteiger partial charge in [0.2, 0.25) is 0 Å². The van der Waals surface area contributed by atoms with Gasteiger partial charge in [-0.15, -0.1) is 0 Å². The molecule has 5 fully saturated rings. The highest BCUT2D eigenvalue weighted by molar-refractivity contribution is 5.07. The third-order valence-electron chi connectivity index (χ3n) is 12.8. The van der Waals surface area contributed by atoms with Crippen LogP contribution in [0.1, 0.15) is 125 Å². The monoisotopic (exact) mass is 662 g/mol. The van der Waals surface area contributed by atoms with Gasteiger partial charge in [0.1, 0.15) is 6.10 Å². The molecule has 5 aliphatic heterocycles. The predicted octanol–water partition coefficient (Wildman–Crippen LogP) is 6.43. The SMILES string of the molecule is C=CC=CCC[C@H]1O[C@H]2CC[C@@]3(C)O[C@H]4C(O)C[C@@]5(C)O[C@@H](CCCC(C)C(C)CCO)C(C)CC5OC4CC3OC2CC[C@@]1(C)O. The van der Waals surface area contributed by atoms with E-state index in [0.717, 1.165) is 64.2 Å². The van der Waals surface area contributed by atoms with Crippen LogP contribution in [0.2, 0.25) is 0 Å². The third-order valence-corrected chi connectivity index (χ3v) is 12.8. The second kappa shape index (κ2) is 15.6. The van der Waals surface area contributed by atoms with Crippen molar-refractivity contribution in [2.45, 2.75) is 197 Å². The lowest BCUT2D eigenvalue weighted by atomic mass is 9.79. The first-order valence-electron chi connectivity index (χ1n) is 18.9. The van der Waals surface area contributed by atoms with E-state index in [1.54, 1.807) is 6.08 Å². The van der Waals surface area contributed by atoms with E-state index in [0.29, 0.717) is 37.0 Å². The van der Waals surface area contributed by atoms with Crippen molar-refractivity contribution >= 4 is 0 Å². The highest BCUT2D eigenvalue weighted by Crippen LogP contribution is 2.49. The van der Waals surface area contributed by atoms with Crippen molar-refractivity contribution in [1.29, 1.82) is 0 Å². The minimum Gasteiger partial charge on any atom is -0.396 e. The van der Waals surface area contributed by atoms with Crippen LogP contribution in [0.25, 0.3) is 0 Å². The summed E-state index contributed by atoms with van der Waals surface area (Å²) in [7, 11) is 0. The van der Waals surface area contributed by atoms with Gasteiger partial charge in [0, 0.05) is 19.4 Å². The number of ether oxygens (including phenoxy) is 5. The first-order chi connectivity index (χ1) is 22.3. The zero-order chi connectivity index (χ0) is 34.0. The molecular formula is C39H66O8. The minimum atomic E-state index is -0.917. The molecule has 8 unspecified atom stereocenters. The molecule has 5 heterocycles. The predicted molar refractivity (Wildman–Crippen MR) is 183 cm³/mol. The summed E-state index contributed by atoms with van der Waals surface area (Å²) in [6, 6.07) is 0. The van der Waals surface area contributed by atoms with Gasteiger partial charge in [-0.1, -0.05) is 58.4 Å². The molecule has 0 radical (unpaired) electrons. The summed E-state index contributed by atoms with van der Waals surface area (Å²) in [6.07, 6.45) is 14.2. The molecule has 0 aromatic rings. The summed E-state index contributed by atoms with van der Waals surface area (Å²) >= 11 is 0. The molecular weight excluding hydrogens is 596 g/mol. The number of allylic oxidation sites excluding steroid dienone is 3. The van der Waals surface area contributed by atoms with Crippen LogP contribution >= 0.6 is 0 Å². The van der Waals surface area contributed by atoms with Crippen LogP contribution in [0.5, 0.6) is 0 Å². The second-order valence-corrected chi connectivity index (χ2v) is 16.6. The van der Waals surface area contributed by atoms with Crippen molar-refractivity contribution in [2.75, 3.05) is 6.61 Å². The summed E-state index contributed by atoms with van der Waals surface area (Å²) in [4.78, 5) is 0. The Morgan fingerprint density at radius 3 is 2.30 bits per heavy atom. The summed E-state index contributed by atoms with van der Waals surface area (Å²) in [5.41, 5.74) is -2.07. The van der Waals surface area contributed by atoms with Crippen LogP contribution in [-0.4, -0.2) is 93.7 Å². The van der Waals surface area contributed by atoms with Crippen molar-refractivity contribution in [3.63, 3.8) is 0 Å². The normalized spacial score (nSPS) is 46.9. The number of aliphatic hydroxyl groups excluding tert-OH is 2. The summed E-state index contributed by atoms with van der Waals surface area (Å²) < 4.78 is 34.3. The Morgan fingerprint density at radius 2 is 1.55 bits per heavy atom. The fourth-order valence-electron chi connectivity index (χ4n) is 9.19. The van der Waals surface area contributed by atoms with Crippen LogP contribution in [0.3, 0.4) is 0 Å². The second-order valence-electron chi connectivity index (χ2n) is 16.6. The van der Waals surface area contributed by atoms with Gasteiger partial charge < -0.3 is 39.0 Å². The van der Waals surface area contributed by atoms with Gasteiger partial charge in [-0.3, -0.25) is 0 Å². The average Bonchev–Trinajstić information content (AvgIpc) is 3.27. The van der Waals surface area contributed by atoms with Crippen LogP contribution in [-0.2, 0) is 23.7 Å². The minimum absolute atomic E-state index is 0.118. The maximum atomic E-state index is 11.7. The molecule has 0 amide bonds. The first kappa shape index (κ1) is 37.4. The molecule has 0 bridgehead atoms. The van der Waals surface area contributed by atoms with Gasteiger partial charge in [0.15, 0.2) is 0 Å². The smallest absolute Gasteiger partial charge is 0.111 e.